The first kappa shape index (κ1) is 32.8. The molecule has 0 saturated carbocycles. The summed E-state index contributed by atoms with van der Waals surface area (Å²) in [7, 11) is 0. The van der Waals surface area contributed by atoms with Crippen molar-refractivity contribution >= 4 is 17.8 Å². The van der Waals surface area contributed by atoms with E-state index < -0.39 is 46.7 Å². The fourth-order valence-corrected chi connectivity index (χ4v) is 6.37. The van der Waals surface area contributed by atoms with Gasteiger partial charge in [-0.05, 0) is 56.7 Å². The molecule has 2 atom stereocenters. The van der Waals surface area contributed by atoms with Crippen molar-refractivity contribution in [3.05, 3.63) is 59.4 Å². The molecule has 2 aliphatic heterocycles. The molecule has 2 aliphatic rings. The molecule has 4 rings (SSSR count). The average molecular weight is 615 g/mol. The lowest BCUT2D eigenvalue weighted by molar-refractivity contribution is -0.141. The third-order valence-electron chi connectivity index (χ3n) is 8.59. The Morgan fingerprint density at radius 2 is 1.86 bits per heavy atom. The van der Waals surface area contributed by atoms with Gasteiger partial charge in [-0.25, -0.2) is 0 Å². The molecule has 1 aromatic heterocycles. The number of hydrogen-bond acceptors (Lipinski definition) is 6. The van der Waals surface area contributed by atoms with Gasteiger partial charge in [0.25, 0.3) is 5.91 Å². The number of carbonyl (C=O) groups is 3. The molecule has 2 saturated heterocycles. The third-order valence-corrected chi connectivity index (χ3v) is 8.59. The number of pyridine rings is 1. The second-order valence-electron chi connectivity index (χ2n) is 11.4. The highest BCUT2D eigenvalue weighted by Crippen LogP contribution is 2.41. The summed E-state index contributed by atoms with van der Waals surface area (Å²) in [5, 5.41) is 19.2. The van der Waals surface area contributed by atoms with E-state index in [1.54, 1.807) is 17.0 Å². The number of piperidine rings is 2. The molecule has 2 unspecified atom stereocenters. The fourth-order valence-electron chi connectivity index (χ4n) is 6.37. The van der Waals surface area contributed by atoms with Crippen molar-refractivity contribution in [3.8, 4) is 11.8 Å². The lowest BCUT2D eigenvalue weighted by atomic mass is 9.73. The van der Waals surface area contributed by atoms with Crippen LogP contribution in [-0.2, 0) is 21.2 Å². The highest BCUT2D eigenvalue weighted by molar-refractivity contribution is 5.95. The molecule has 0 spiro atoms. The van der Waals surface area contributed by atoms with E-state index in [1.807, 2.05) is 19.1 Å². The predicted molar refractivity (Wildman–Crippen MR) is 154 cm³/mol. The van der Waals surface area contributed by atoms with Gasteiger partial charge in [0.05, 0.1) is 29.6 Å². The van der Waals surface area contributed by atoms with Gasteiger partial charge in [0.15, 0.2) is 0 Å². The van der Waals surface area contributed by atoms with Crippen LogP contribution in [0.5, 0.6) is 5.75 Å². The number of nitrogens with zero attached hydrogens (tertiary/aromatic N) is 4. The Kier molecular flexibility index (Phi) is 10.5. The summed E-state index contributed by atoms with van der Waals surface area (Å²) < 4.78 is 46.9. The molecular weight excluding hydrogens is 577 g/mol. The van der Waals surface area contributed by atoms with Gasteiger partial charge in [0.2, 0.25) is 5.91 Å². The highest BCUT2D eigenvalue weighted by atomic mass is 19.4. The zero-order chi connectivity index (χ0) is 31.9. The van der Waals surface area contributed by atoms with Crippen LogP contribution in [0.1, 0.15) is 79.9 Å². The van der Waals surface area contributed by atoms with Crippen LogP contribution >= 0.6 is 0 Å². The molecule has 9 nitrogen and oxygen atoms in total. The van der Waals surface area contributed by atoms with E-state index in [0.29, 0.717) is 69.3 Å². The quantitative estimate of drug-likeness (QED) is 0.353. The molecule has 1 N–H and O–H groups in total. The number of benzene rings is 1. The third kappa shape index (κ3) is 7.14. The summed E-state index contributed by atoms with van der Waals surface area (Å²) in [6.45, 7) is 2.92. The van der Waals surface area contributed by atoms with Crippen LogP contribution in [0, 0.1) is 17.2 Å². The minimum atomic E-state index is -4.74. The maximum Gasteiger partial charge on any atom is 0.418 e. The van der Waals surface area contributed by atoms with Gasteiger partial charge in [-0.15, -0.1) is 0 Å². The number of aliphatic carboxylic acids is 1. The van der Waals surface area contributed by atoms with E-state index >= 15 is 0 Å². The molecule has 12 heteroatoms. The van der Waals surface area contributed by atoms with Crippen molar-refractivity contribution in [2.45, 2.75) is 75.9 Å². The van der Waals surface area contributed by atoms with Crippen LogP contribution in [0.4, 0.5) is 13.2 Å². The molecule has 0 bridgehead atoms. The SMILES string of the molecule is CCCC1C(C(=O)N2CCC(C#N)(c3ccccc3OCCCC(=O)O)CC2)CCCN1C(=O)c1ncccc1C(F)(F)F. The number of para-hydroxylation sites is 1. The van der Waals surface area contributed by atoms with Gasteiger partial charge in [-0.3, -0.25) is 19.4 Å². The monoisotopic (exact) mass is 614 g/mol. The van der Waals surface area contributed by atoms with Crippen molar-refractivity contribution in [2.24, 2.45) is 5.92 Å². The molecule has 2 fully saturated rings. The zero-order valence-electron chi connectivity index (χ0n) is 24.7. The second kappa shape index (κ2) is 14.1. The van der Waals surface area contributed by atoms with E-state index in [-0.39, 0.29) is 25.5 Å². The average Bonchev–Trinajstić information content (AvgIpc) is 3.02. The number of amides is 2. The number of carbonyl (C=O) groups excluding carboxylic acids is 2. The number of likely N-dealkylation sites (tertiary alicyclic amines) is 2. The van der Waals surface area contributed by atoms with Gasteiger partial charge in [0, 0.05) is 43.9 Å². The van der Waals surface area contributed by atoms with Gasteiger partial charge < -0.3 is 19.6 Å². The maximum absolute atomic E-state index is 13.9. The number of rotatable bonds is 10. The molecule has 236 valence electrons. The molecule has 0 radical (unpaired) electrons. The largest absolute Gasteiger partial charge is 0.493 e. The number of hydrogen-bond donors (Lipinski definition) is 1. The Balaban J connectivity index is 1.50. The smallest absolute Gasteiger partial charge is 0.418 e. The van der Waals surface area contributed by atoms with Gasteiger partial charge in [-0.1, -0.05) is 31.5 Å². The number of halogens is 3. The number of nitriles is 1. The Hall–Kier alpha value is -4.14. The summed E-state index contributed by atoms with van der Waals surface area (Å²) >= 11 is 0. The first-order chi connectivity index (χ1) is 21.0. The van der Waals surface area contributed by atoms with Gasteiger partial charge in [-0.2, -0.15) is 18.4 Å². The van der Waals surface area contributed by atoms with Crippen molar-refractivity contribution in [1.82, 2.24) is 14.8 Å². The van der Waals surface area contributed by atoms with Crippen molar-refractivity contribution in [2.75, 3.05) is 26.2 Å². The Morgan fingerprint density at radius 1 is 1.14 bits per heavy atom. The standard InChI is InChI=1S/C32H37F3N4O5/c1-2-8-25-22(9-6-17-39(25)30(43)28-24(32(33,34)35)11-5-16-37-28)29(42)38-18-14-31(21-36,15-19-38)23-10-3-4-12-26(23)44-20-7-13-27(40)41/h3-5,10-12,16,22,25H,2,6-9,13-15,17-20H2,1H3,(H,40,41). The summed E-state index contributed by atoms with van der Waals surface area (Å²) in [4.78, 5) is 45.2. The Bertz CT molecular complexity index is 1380. The Morgan fingerprint density at radius 3 is 2.52 bits per heavy atom. The van der Waals surface area contributed by atoms with Crippen LogP contribution in [0.3, 0.4) is 0 Å². The topological polar surface area (TPSA) is 124 Å². The lowest BCUT2D eigenvalue weighted by Crippen LogP contribution is -2.55. The van der Waals surface area contributed by atoms with Crippen molar-refractivity contribution in [1.29, 1.82) is 5.26 Å². The first-order valence-electron chi connectivity index (χ1n) is 15.0. The number of alkyl halides is 3. The van der Waals surface area contributed by atoms with Gasteiger partial charge >= 0.3 is 12.1 Å². The van der Waals surface area contributed by atoms with E-state index in [4.69, 9.17) is 9.84 Å². The van der Waals surface area contributed by atoms with E-state index in [9.17, 15) is 32.8 Å². The van der Waals surface area contributed by atoms with Crippen LogP contribution in [-0.4, -0.2) is 70.0 Å². The van der Waals surface area contributed by atoms with Crippen LogP contribution in [0.25, 0.3) is 0 Å². The second-order valence-corrected chi connectivity index (χ2v) is 11.4. The molecule has 0 aliphatic carbocycles. The molecular formula is C32H37F3N4O5. The normalized spacial score (nSPS) is 20.1. The summed E-state index contributed by atoms with van der Waals surface area (Å²) in [5.41, 5.74) is -1.97. The molecule has 2 aromatic rings. The molecule has 3 heterocycles. The maximum atomic E-state index is 13.9. The van der Waals surface area contributed by atoms with E-state index in [1.165, 1.54) is 4.90 Å². The minimum Gasteiger partial charge on any atom is -0.493 e. The molecule has 1 aromatic carbocycles. The van der Waals surface area contributed by atoms with E-state index in [2.05, 4.69) is 11.1 Å². The van der Waals surface area contributed by atoms with Crippen LogP contribution in [0.15, 0.2) is 42.6 Å². The highest BCUT2D eigenvalue weighted by Gasteiger charge is 2.45. The number of ether oxygens (including phenoxy) is 1. The molecule has 2 amide bonds. The van der Waals surface area contributed by atoms with Crippen molar-refractivity contribution < 1.29 is 37.4 Å². The fraction of sp³-hybridized carbons (Fsp3) is 0.531. The summed E-state index contributed by atoms with van der Waals surface area (Å²) in [5.74, 6) is -1.97. The minimum absolute atomic E-state index is 0.0306. The first-order valence-corrected chi connectivity index (χ1v) is 15.0. The number of aromatic nitrogens is 1. The van der Waals surface area contributed by atoms with Gasteiger partial charge in [0.1, 0.15) is 11.4 Å². The number of carboxylic acids is 1. The van der Waals surface area contributed by atoms with Crippen molar-refractivity contribution in [3.63, 3.8) is 0 Å². The summed E-state index contributed by atoms with van der Waals surface area (Å²) in [6.07, 6.45) is -0.519. The Labute approximate surface area is 254 Å². The predicted octanol–water partition coefficient (Wildman–Crippen LogP) is 5.45. The zero-order valence-corrected chi connectivity index (χ0v) is 24.7. The lowest BCUT2D eigenvalue weighted by Gasteiger charge is -2.44. The molecule has 44 heavy (non-hydrogen) atoms. The van der Waals surface area contributed by atoms with E-state index in [0.717, 1.165) is 18.3 Å². The summed E-state index contributed by atoms with van der Waals surface area (Å²) in [6, 6.07) is 11.0. The van der Waals surface area contributed by atoms with Crippen LogP contribution in [0.2, 0.25) is 0 Å². The van der Waals surface area contributed by atoms with Crippen LogP contribution < -0.4 is 4.74 Å². The number of carboxylic acid groups (broad SMARTS) is 1.